The largest absolute Gasteiger partial charge is 0.366 e. The molecule has 140 valence electrons. The number of anilines is 2. The van der Waals surface area contributed by atoms with Crippen molar-refractivity contribution in [1.29, 1.82) is 5.26 Å². The van der Waals surface area contributed by atoms with E-state index in [1.54, 1.807) is 30.3 Å². The summed E-state index contributed by atoms with van der Waals surface area (Å²) in [5, 5.41) is 16.2. The van der Waals surface area contributed by atoms with Gasteiger partial charge in [-0.3, -0.25) is 4.79 Å². The van der Waals surface area contributed by atoms with Crippen LogP contribution in [0.2, 0.25) is 5.02 Å². The molecule has 1 heterocycles. The smallest absolute Gasteiger partial charge is 0.234 e. The molecule has 2 aromatic carbocycles. The summed E-state index contributed by atoms with van der Waals surface area (Å²) in [5.41, 5.74) is 2.28. The van der Waals surface area contributed by atoms with Crippen molar-refractivity contribution in [2.24, 2.45) is 0 Å². The summed E-state index contributed by atoms with van der Waals surface area (Å²) in [4.78, 5) is 20.5. The molecule has 3 aromatic rings. The van der Waals surface area contributed by atoms with Crippen LogP contribution in [0.3, 0.4) is 0 Å². The first-order valence-corrected chi connectivity index (χ1v) is 9.72. The van der Waals surface area contributed by atoms with Crippen molar-refractivity contribution in [3.8, 4) is 6.07 Å². The van der Waals surface area contributed by atoms with Crippen molar-refractivity contribution in [2.45, 2.75) is 11.6 Å². The maximum atomic E-state index is 12.1. The highest BCUT2D eigenvalue weighted by atomic mass is 35.5. The monoisotopic (exact) mass is 409 g/mol. The molecule has 0 aliphatic rings. The van der Waals surface area contributed by atoms with Gasteiger partial charge in [-0.25, -0.2) is 9.97 Å². The van der Waals surface area contributed by atoms with E-state index in [4.69, 9.17) is 16.9 Å². The van der Waals surface area contributed by atoms with Crippen LogP contribution in [-0.4, -0.2) is 21.6 Å². The van der Waals surface area contributed by atoms with Crippen LogP contribution < -0.4 is 10.6 Å². The molecule has 0 radical (unpaired) electrons. The summed E-state index contributed by atoms with van der Waals surface area (Å²) >= 11 is 7.21. The number of hydrogen-bond acceptors (Lipinski definition) is 6. The minimum Gasteiger partial charge on any atom is -0.366 e. The number of aromatic nitrogens is 2. The Hall–Kier alpha value is -3.08. The van der Waals surface area contributed by atoms with Crippen molar-refractivity contribution in [1.82, 2.24) is 9.97 Å². The van der Waals surface area contributed by atoms with E-state index in [0.717, 1.165) is 5.56 Å². The Morgan fingerprint density at radius 3 is 2.57 bits per heavy atom. The number of benzene rings is 2. The van der Waals surface area contributed by atoms with Gasteiger partial charge in [0.05, 0.1) is 17.4 Å². The van der Waals surface area contributed by atoms with Crippen LogP contribution in [-0.2, 0) is 11.3 Å². The molecule has 28 heavy (non-hydrogen) atoms. The maximum Gasteiger partial charge on any atom is 0.234 e. The minimum atomic E-state index is -0.149. The summed E-state index contributed by atoms with van der Waals surface area (Å²) in [7, 11) is 0. The fourth-order valence-electron chi connectivity index (χ4n) is 2.27. The van der Waals surface area contributed by atoms with Crippen molar-refractivity contribution in [3.63, 3.8) is 0 Å². The van der Waals surface area contributed by atoms with Gasteiger partial charge >= 0.3 is 0 Å². The normalized spacial score (nSPS) is 10.1. The second kappa shape index (κ2) is 9.74. The highest BCUT2D eigenvalue weighted by Gasteiger charge is 2.06. The fraction of sp³-hybridized carbons (Fsp3) is 0.100. The van der Waals surface area contributed by atoms with Crippen LogP contribution in [0.15, 0.2) is 66.0 Å². The van der Waals surface area contributed by atoms with Crippen LogP contribution in [0.25, 0.3) is 0 Å². The molecule has 0 saturated carbocycles. The molecule has 0 bridgehead atoms. The number of rotatable bonds is 7. The van der Waals surface area contributed by atoms with E-state index in [9.17, 15) is 4.79 Å². The third-order valence-electron chi connectivity index (χ3n) is 3.68. The topological polar surface area (TPSA) is 90.7 Å². The van der Waals surface area contributed by atoms with Gasteiger partial charge in [-0.05, 0) is 42.0 Å². The molecule has 3 rings (SSSR count). The Morgan fingerprint density at radius 1 is 1.11 bits per heavy atom. The van der Waals surface area contributed by atoms with E-state index in [0.29, 0.717) is 33.7 Å². The average molecular weight is 410 g/mol. The number of halogens is 1. The van der Waals surface area contributed by atoms with Gasteiger partial charge in [-0.15, -0.1) is 0 Å². The SMILES string of the molecule is N#Cc1ccc(NC(=O)CSc2cc(NCc3ccc(Cl)cc3)ncn2)cc1. The van der Waals surface area contributed by atoms with Gasteiger partial charge in [0.1, 0.15) is 17.2 Å². The molecular formula is C20H16ClN5OS. The van der Waals surface area contributed by atoms with E-state index in [1.807, 2.05) is 30.3 Å². The molecule has 0 fully saturated rings. The van der Waals surface area contributed by atoms with E-state index < -0.39 is 0 Å². The number of amides is 1. The first-order chi connectivity index (χ1) is 13.6. The number of hydrogen-bond donors (Lipinski definition) is 2. The average Bonchev–Trinajstić information content (AvgIpc) is 2.73. The molecule has 1 aromatic heterocycles. The molecule has 0 unspecified atom stereocenters. The standard InChI is InChI=1S/C20H16ClN5OS/c21-16-5-1-15(2-6-16)11-23-18-9-20(25-13-24-18)28-12-19(27)26-17-7-3-14(10-22)4-8-17/h1-9,13H,11-12H2,(H,26,27)(H,23,24,25). The number of carbonyl (C=O) groups is 1. The zero-order valence-electron chi connectivity index (χ0n) is 14.7. The molecule has 1 amide bonds. The molecule has 0 aliphatic carbocycles. The summed E-state index contributed by atoms with van der Waals surface area (Å²) < 4.78 is 0. The van der Waals surface area contributed by atoms with E-state index in [2.05, 4.69) is 20.6 Å². The summed E-state index contributed by atoms with van der Waals surface area (Å²) in [6, 6.07) is 18.1. The highest BCUT2D eigenvalue weighted by Crippen LogP contribution is 2.19. The lowest BCUT2D eigenvalue weighted by Gasteiger charge is -2.08. The third kappa shape index (κ3) is 5.98. The van der Waals surface area contributed by atoms with Crippen LogP contribution >= 0.6 is 23.4 Å². The molecule has 0 saturated heterocycles. The Morgan fingerprint density at radius 2 is 1.86 bits per heavy atom. The van der Waals surface area contributed by atoms with Crippen molar-refractivity contribution in [2.75, 3.05) is 16.4 Å². The van der Waals surface area contributed by atoms with Crippen LogP contribution in [0.4, 0.5) is 11.5 Å². The molecule has 8 heteroatoms. The summed E-state index contributed by atoms with van der Waals surface area (Å²) in [6.07, 6.45) is 1.46. The van der Waals surface area contributed by atoms with E-state index in [1.165, 1.54) is 18.1 Å². The fourth-order valence-corrected chi connectivity index (χ4v) is 3.07. The lowest BCUT2D eigenvalue weighted by atomic mass is 10.2. The number of thioether (sulfide) groups is 1. The maximum absolute atomic E-state index is 12.1. The second-order valence-corrected chi connectivity index (χ2v) is 7.18. The molecule has 0 aliphatic heterocycles. The Kier molecular flexibility index (Phi) is 6.84. The van der Waals surface area contributed by atoms with Gasteiger partial charge in [-0.1, -0.05) is 35.5 Å². The third-order valence-corrected chi connectivity index (χ3v) is 4.86. The van der Waals surface area contributed by atoms with Gasteiger partial charge < -0.3 is 10.6 Å². The predicted molar refractivity (Wildman–Crippen MR) is 111 cm³/mol. The van der Waals surface area contributed by atoms with Crippen molar-refractivity contribution < 1.29 is 4.79 Å². The van der Waals surface area contributed by atoms with Gasteiger partial charge in [0.15, 0.2) is 0 Å². The Labute approximate surface area is 172 Å². The first-order valence-electron chi connectivity index (χ1n) is 8.35. The van der Waals surface area contributed by atoms with Gasteiger partial charge in [0, 0.05) is 23.3 Å². The van der Waals surface area contributed by atoms with Crippen LogP contribution in [0.1, 0.15) is 11.1 Å². The minimum absolute atomic E-state index is 0.149. The zero-order chi connectivity index (χ0) is 19.8. The van der Waals surface area contributed by atoms with Crippen LogP contribution in [0.5, 0.6) is 0 Å². The lowest BCUT2D eigenvalue weighted by molar-refractivity contribution is -0.113. The molecule has 6 nitrogen and oxygen atoms in total. The van der Waals surface area contributed by atoms with Gasteiger partial charge in [0.25, 0.3) is 0 Å². The predicted octanol–water partition coefficient (Wildman–Crippen LogP) is 4.34. The first kappa shape index (κ1) is 19.7. The van der Waals surface area contributed by atoms with Crippen molar-refractivity contribution in [3.05, 3.63) is 77.1 Å². The number of nitrogens with one attached hydrogen (secondary N) is 2. The molecular weight excluding hydrogens is 394 g/mol. The second-order valence-electron chi connectivity index (χ2n) is 5.75. The van der Waals surface area contributed by atoms with Crippen molar-refractivity contribution >= 4 is 40.8 Å². The number of nitriles is 1. The molecule has 2 N–H and O–H groups in total. The lowest BCUT2D eigenvalue weighted by Crippen LogP contribution is -2.14. The van der Waals surface area contributed by atoms with Gasteiger partial charge in [-0.2, -0.15) is 5.26 Å². The summed E-state index contributed by atoms with van der Waals surface area (Å²) in [5.74, 6) is 0.747. The van der Waals surface area contributed by atoms with Crippen LogP contribution in [0, 0.1) is 11.3 Å². The zero-order valence-corrected chi connectivity index (χ0v) is 16.3. The van der Waals surface area contributed by atoms with E-state index >= 15 is 0 Å². The molecule has 0 spiro atoms. The van der Waals surface area contributed by atoms with E-state index in [-0.39, 0.29) is 11.7 Å². The quantitative estimate of drug-likeness (QED) is 0.445. The Bertz CT molecular complexity index is 987. The number of nitrogens with zero attached hydrogens (tertiary/aromatic N) is 3. The Balaban J connectivity index is 1.50. The highest BCUT2D eigenvalue weighted by molar-refractivity contribution is 7.99. The number of carbonyl (C=O) groups excluding carboxylic acids is 1. The van der Waals surface area contributed by atoms with Gasteiger partial charge in [0.2, 0.25) is 5.91 Å². The molecule has 0 atom stereocenters. The summed E-state index contributed by atoms with van der Waals surface area (Å²) in [6.45, 7) is 0.609.